The molecule has 0 saturated carbocycles. The van der Waals surface area contributed by atoms with Crippen molar-refractivity contribution in [3.05, 3.63) is 70.6 Å². The summed E-state index contributed by atoms with van der Waals surface area (Å²) in [4.78, 5) is 41.4. The second-order valence-electron chi connectivity index (χ2n) is 7.67. The Morgan fingerprint density at radius 2 is 2.00 bits per heavy atom. The maximum Gasteiger partial charge on any atom is 0.272 e. The lowest BCUT2D eigenvalue weighted by molar-refractivity contribution is -0.117. The predicted octanol–water partition coefficient (Wildman–Crippen LogP) is 3.91. The SMILES string of the molecule is [C-]#[N+]c1cc(NC(=O)c2c(C)c(C(=O)C(=O)CC(C)(C=C)CO)c(C)n2C)ccc1F. The van der Waals surface area contributed by atoms with Crippen molar-refractivity contribution in [3.63, 3.8) is 0 Å². The number of ketones is 2. The maximum atomic E-state index is 13.5. The molecule has 1 unspecified atom stereocenters. The molecule has 0 aliphatic heterocycles. The number of aromatic nitrogens is 1. The fourth-order valence-corrected chi connectivity index (χ4v) is 3.28. The smallest absolute Gasteiger partial charge is 0.272 e. The summed E-state index contributed by atoms with van der Waals surface area (Å²) in [7, 11) is 1.59. The van der Waals surface area contributed by atoms with Crippen LogP contribution in [0, 0.1) is 31.7 Å². The van der Waals surface area contributed by atoms with Gasteiger partial charge in [-0.25, -0.2) is 9.24 Å². The van der Waals surface area contributed by atoms with Crippen LogP contribution in [-0.4, -0.2) is 33.8 Å². The third-order valence-corrected chi connectivity index (χ3v) is 5.37. The highest BCUT2D eigenvalue weighted by molar-refractivity contribution is 6.44. The van der Waals surface area contributed by atoms with E-state index in [0.29, 0.717) is 11.3 Å². The van der Waals surface area contributed by atoms with Crippen LogP contribution in [0.25, 0.3) is 4.85 Å². The van der Waals surface area contributed by atoms with E-state index in [1.54, 1.807) is 27.8 Å². The number of halogens is 1. The highest BCUT2D eigenvalue weighted by Crippen LogP contribution is 2.28. The third-order valence-electron chi connectivity index (χ3n) is 5.37. The monoisotopic (exact) mass is 425 g/mol. The predicted molar refractivity (Wildman–Crippen MR) is 115 cm³/mol. The molecular formula is C23H24FN3O4. The summed E-state index contributed by atoms with van der Waals surface area (Å²) < 4.78 is 15.0. The van der Waals surface area contributed by atoms with Crippen LogP contribution in [0.5, 0.6) is 0 Å². The number of benzene rings is 1. The Labute approximate surface area is 180 Å². The number of amides is 1. The van der Waals surface area contributed by atoms with Gasteiger partial charge < -0.3 is 15.0 Å². The summed E-state index contributed by atoms with van der Waals surface area (Å²) in [6.45, 7) is 15.1. The summed E-state index contributed by atoms with van der Waals surface area (Å²) in [6.07, 6.45) is 1.22. The number of nitrogens with one attached hydrogen (secondary N) is 1. The minimum Gasteiger partial charge on any atom is -0.395 e. The minimum atomic E-state index is -0.924. The molecule has 31 heavy (non-hydrogen) atoms. The van der Waals surface area contributed by atoms with Gasteiger partial charge in [0.05, 0.1) is 18.7 Å². The number of anilines is 1. The quantitative estimate of drug-likeness (QED) is 0.290. The van der Waals surface area contributed by atoms with Crippen LogP contribution in [0.4, 0.5) is 15.8 Å². The lowest BCUT2D eigenvalue weighted by Crippen LogP contribution is -2.27. The van der Waals surface area contributed by atoms with Crippen molar-refractivity contribution in [2.75, 3.05) is 11.9 Å². The Kier molecular flexibility index (Phi) is 6.93. The van der Waals surface area contributed by atoms with Crippen LogP contribution in [0.1, 0.15) is 45.4 Å². The van der Waals surface area contributed by atoms with Gasteiger partial charge in [0.1, 0.15) is 11.5 Å². The third kappa shape index (κ3) is 4.62. The van der Waals surface area contributed by atoms with Gasteiger partial charge in [0.25, 0.3) is 5.91 Å². The van der Waals surface area contributed by atoms with Crippen LogP contribution >= 0.6 is 0 Å². The number of aliphatic hydroxyl groups is 1. The van der Waals surface area contributed by atoms with Gasteiger partial charge in [-0.05, 0) is 37.6 Å². The van der Waals surface area contributed by atoms with Crippen molar-refractivity contribution in [1.29, 1.82) is 0 Å². The van der Waals surface area contributed by atoms with Crippen molar-refractivity contribution in [1.82, 2.24) is 4.57 Å². The fourth-order valence-electron chi connectivity index (χ4n) is 3.28. The molecule has 8 heteroatoms. The fraction of sp³-hybridized carbons (Fsp3) is 0.304. The van der Waals surface area contributed by atoms with Crippen molar-refractivity contribution in [2.45, 2.75) is 27.2 Å². The largest absolute Gasteiger partial charge is 0.395 e. The lowest BCUT2D eigenvalue weighted by atomic mass is 9.84. The Morgan fingerprint density at radius 1 is 1.35 bits per heavy atom. The molecule has 1 aromatic heterocycles. The molecule has 0 aliphatic rings. The Hall–Kier alpha value is -3.57. The standard InChI is InChI=1S/C23H24FN3O4/c1-7-23(4,12-28)11-18(29)21(30)19-13(2)20(27(6)14(19)3)22(31)26-15-8-9-16(24)17(10-15)25-5/h7-10,28H,1,11-12H2,2-4,6H3,(H,26,31). The van der Waals surface area contributed by atoms with E-state index in [2.05, 4.69) is 16.7 Å². The number of nitrogens with zero attached hydrogens (tertiary/aromatic N) is 2. The molecule has 1 atom stereocenters. The van der Waals surface area contributed by atoms with Crippen LogP contribution in [0.15, 0.2) is 30.9 Å². The topological polar surface area (TPSA) is 92.8 Å². The number of hydrogen-bond acceptors (Lipinski definition) is 4. The molecular weight excluding hydrogens is 401 g/mol. The summed E-state index contributed by atoms with van der Waals surface area (Å²) in [5.74, 6) is -2.70. The zero-order valence-corrected chi connectivity index (χ0v) is 17.9. The molecule has 0 fully saturated rings. The summed E-state index contributed by atoms with van der Waals surface area (Å²) >= 11 is 0. The first-order valence-corrected chi connectivity index (χ1v) is 9.45. The molecule has 1 aromatic carbocycles. The first-order chi connectivity index (χ1) is 14.5. The van der Waals surface area contributed by atoms with Crippen LogP contribution < -0.4 is 5.32 Å². The molecule has 2 aromatic rings. The zero-order chi connectivity index (χ0) is 23.5. The molecule has 1 heterocycles. The van der Waals surface area contributed by atoms with Crippen LogP contribution in [-0.2, 0) is 11.8 Å². The Bertz CT molecular complexity index is 1130. The van der Waals surface area contributed by atoms with Gasteiger partial charge in [-0.1, -0.05) is 13.0 Å². The summed E-state index contributed by atoms with van der Waals surface area (Å²) in [5.41, 5.74) is 0.127. The molecule has 0 bridgehead atoms. The second kappa shape index (κ2) is 9.06. The lowest BCUT2D eigenvalue weighted by Gasteiger charge is -2.21. The highest BCUT2D eigenvalue weighted by Gasteiger charge is 2.32. The Morgan fingerprint density at radius 3 is 2.55 bits per heavy atom. The molecule has 1 amide bonds. The average Bonchev–Trinajstić information content (AvgIpc) is 2.96. The summed E-state index contributed by atoms with van der Waals surface area (Å²) in [6, 6.07) is 3.62. The molecule has 0 spiro atoms. The molecule has 0 radical (unpaired) electrons. The van der Waals surface area contributed by atoms with Crippen molar-refractivity contribution >= 4 is 28.8 Å². The van der Waals surface area contributed by atoms with Gasteiger partial charge in [-0.2, -0.15) is 0 Å². The van der Waals surface area contributed by atoms with Gasteiger partial charge >= 0.3 is 0 Å². The van der Waals surface area contributed by atoms with E-state index in [1.807, 2.05) is 0 Å². The van der Waals surface area contributed by atoms with Crippen LogP contribution in [0.3, 0.4) is 0 Å². The number of Topliss-reactive ketones (excluding diaryl/α,β-unsaturated/α-hetero) is 2. The molecule has 7 nitrogen and oxygen atoms in total. The molecule has 162 valence electrons. The number of aliphatic hydroxyl groups excluding tert-OH is 1. The van der Waals surface area contributed by atoms with E-state index in [1.165, 1.54) is 22.8 Å². The van der Waals surface area contributed by atoms with E-state index in [9.17, 15) is 23.9 Å². The van der Waals surface area contributed by atoms with E-state index in [0.717, 1.165) is 6.07 Å². The minimum absolute atomic E-state index is 0.128. The van der Waals surface area contributed by atoms with E-state index >= 15 is 0 Å². The second-order valence-corrected chi connectivity index (χ2v) is 7.67. The van der Waals surface area contributed by atoms with E-state index in [-0.39, 0.29) is 35.7 Å². The number of carbonyl (C=O) groups is 3. The first kappa shape index (κ1) is 23.7. The van der Waals surface area contributed by atoms with Gasteiger partial charge in [0.15, 0.2) is 0 Å². The Balaban J connectivity index is 2.38. The van der Waals surface area contributed by atoms with E-state index < -0.39 is 28.7 Å². The van der Waals surface area contributed by atoms with Gasteiger partial charge in [0.2, 0.25) is 17.3 Å². The van der Waals surface area contributed by atoms with Crippen molar-refractivity contribution in [3.8, 4) is 0 Å². The van der Waals surface area contributed by atoms with Crippen molar-refractivity contribution in [2.24, 2.45) is 12.5 Å². The van der Waals surface area contributed by atoms with Crippen molar-refractivity contribution < 1.29 is 23.9 Å². The number of hydrogen-bond donors (Lipinski definition) is 2. The summed E-state index contributed by atoms with van der Waals surface area (Å²) in [5, 5.41) is 12.1. The maximum absolute atomic E-state index is 13.5. The molecule has 0 saturated heterocycles. The zero-order valence-electron chi connectivity index (χ0n) is 17.9. The van der Waals surface area contributed by atoms with Crippen LogP contribution in [0.2, 0.25) is 0 Å². The van der Waals surface area contributed by atoms with Gasteiger partial charge in [0, 0.05) is 30.3 Å². The normalized spacial score (nSPS) is 12.5. The van der Waals surface area contributed by atoms with Gasteiger partial charge in [-0.3, -0.25) is 14.4 Å². The van der Waals surface area contributed by atoms with E-state index in [4.69, 9.17) is 6.57 Å². The first-order valence-electron chi connectivity index (χ1n) is 9.45. The molecule has 0 aliphatic carbocycles. The average molecular weight is 425 g/mol. The molecule has 2 rings (SSSR count). The highest BCUT2D eigenvalue weighted by atomic mass is 19.1. The number of carbonyl (C=O) groups excluding carboxylic acids is 3. The van der Waals surface area contributed by atoms with Gasteiger partial charge in [-0.15, -0.1) is 6.58 Å². The number of rotatable bonds is 8. The molecule has 2 N–H and O–H groups in total.